The molecule has 1 heterocycles. The van der Waals surface area contributed by atoms with E-state index in [1.54, 1.807) is 23.7 Å². The van der Waals surface area contributed by atoms with Gasteiger partial charge in [0.2, 0.25) is 0 Å². The first kappa shape index (κ1) is 17.2. The summed E-state index contributed by atoms with van der Waals surface area (Å²) in [5.74, 6) is -0.713. The van der Waals surface area contributed by atoms with Gasteiger partial charge in [-0.3, -0.25) is 14.3 Å². The molecule has 1 aromatic heterocycles. The Labute approximate surface area is 153 Å². The van der Waals surface area contributed by atoms with E-state index in [4.69, 9.17) is 5.26 Å². The van der Waals surface area contributed by atoms with Gasteiger partial charge in [0.15, 0.2) is 0 Å². The molecule has 8 heteroatoms. The van der Waals surface area contributed by atoms with E-state index >= 15 is 0 Å². The van der Waals surface area contributed by atoms with Gasteiger partial charge < -0.3 is 10.6 Å². The third-order valence-electron chi connectivity index (χ3n) is 4.01. The number of nitrogens with zero attached hydrogens (tertiary/aromatic N) is 3. The number of anilines is 1. The molecule has 2 aromatic rings. The summed E-state index contributed by atoms with van der Waals surface area (Å²) >= 11 is 3.30. The van der Waals surface area contributed by atoms with Crippen molar-refractivity contribution in [1.82, 2.24) is 15.1 Å². The lowest BCUT2D eigenvalue weighted by Gasteiger charge is -2.14. The lowest BCUT2D eigenvalue weighted by Crippen LogP contribution is -2.23. The van der Waals surface area contributed by atoms with Gasteiger partial charge in [0.05, 0.1) is 28.9 Å². The molecule has 0 spiro atoms. The Kier molecular flexibility index (Phi) is 4.59. The quantitative estimate of drug-likeness (QED) is 0.822. The Balaban J connectivity index is 1.99. The Bertz CT molecular complexity index is 908. The highest BCUT2D eigenvalue weighted by Gasteiger charge is 2.30. The Morgan fingerprint density at radius 2 is 2.04 bits per heavy atom. The number of nitriles is 1. The summed E-state index contributed by atoms with van der Waals surface area (Å²) in [5, 5.41) is 18.8. The molecule has 25 heavy (non-hydrogen) atoms. The molecule has 1 aliphatic carbocycles. The minimum Gasteiger partial charge on any atom is -0.355 e. The van der Waals surface area contributed by atoms with Crippen molar-refractivity contribution in [2.24, 2.45) is 0 Å². The lowest BCUT2D eigenvalue weighted by molar-refractivity contribution is 0.0964. The number of amides is 2. The maximum absolute atomic E-state index is 12.8. The zero-order valence-electron chi connectivity index (χ0n) is 13.8. The molecule has 1 saturated carbocycles. The fourth-order valence-electron chi connectivity index (χ4n) is 2.64. The number of halogens is 1. The molecule has 1 aliphatic rings. The third-order valence-corrected chi connectivity index (χ3v) is 4.39. The number of aromatic nitrogens is 2. The summed E-state index contributed by atoms with van der Waals surface area (Å²) in [4.78, 5) is 24.9. The van der Waals surface area contributed by atoms with E-state index in [1.165, 1.54) is 13.1 Å². The molecule has 128 valence electrons. The van der Waals surface area contributed by atoms with Crippen LogP contribution in [0.15, 0.2) is 22.8 Å². The van der Waals surface area contributed by atoms with Crippen LogP contribution >= 0.6 is 15.9 Å². The largest absolute Gasteiger partial charge is 0.355 e. The van der Waals surface area contributed by atoms with Crippen LogP contribution in [0.1, 0.15) is 50.9 Å². The summed E-state index contributed by atoms with van der Waals surface area (Å²) in [5.41, 5.74) is 2.08. The molecule has 0 bridgehead atoms. The van der Waals surface area contributed by atoms with Gasteiger partial charge in [0.1, 0.15) is 10.3 Å². The SMILES string of the molecule is CNC(=O)c1cc(C#N)cc(C)c1NC(=O)c1cc(Br)nn1C1CC1. The zero-order valence-corrected chi connectivity index (χ0v) is 15.3. The number of carbonyl (C=O) groups excluding carboxylic acids is 2. The van der Waals surface area contributed by atoms with Crippen molar-refractivity contribution in [1.29, 1.82) is 5.26 Å². The number of benzene rings is 1. The number of carbonyl (C=O) groups is 2. The standard InChI is InChI=1S/C17H16BrN5O2/c1-9-5-10(8-19)6-12(16(24)20-2)15(9)21-17(25)13-7-14(18)22-23(13)11-3-4-11/h5-7,11H,3-4H2,1-2H3,(H,20,24)(H,21,25). The average molecular weight is 402 g/mol. The molecule has 0 aliphatic heterocycles. The van der Waals surface area contributed by atoms with Crippen LogP contribution < -0.4 is 10.6 Å². The third kappa shape index (κ3) is 3.42. The average Bonchev–Trinajstić information content (AvgIpc) is 3.37. The lowest BCUT2D eigenvalue weighted by atomic mass is 10.0. The van der Waals surface area contributed by atoms with Gasteiger partial charge in [0.25, 0.3) is 11.8 Å². The number of hydrogen-bond donors (Lipinski definition) is 2. The van der Waals surface area contributed by atoms with Gasteiger partial charge in [-0.25, -0.2) is 0 Å². The predicted molar refractivity (Wildman–Crippen MR) is 95.4 cm³/mol. The maximum Gasteiger partial charge on any atom is 0.274 e. The van der Waals surface area contributed by atoms with Crippen LogP contribution in [-0.4, -0.2) is 28.6 Å². The van der Waals surface area contributed by atoms with Gasteiger partial charge in [-0.2, -0.15) is 10.4 Å². The first-order valence-electron chi connectivity index (χ1n) is 7.77. The summed E-state index contributed by atoms with van der Waals surface area (Å²) in [7, 11) is 1.50. The Hall–Kier alpha value is -2.66. The van der Waals surface area contributed by atoms with Crippen LogP contribution in [0.25, 0.3) is 0 Å². The number of rotatable bonds is 4. The van der Waals surface area contributed by atoms with Crippen LogP contribution in [0.2, 0.25) is 0 Å². The molecular weight excluding hydrogens is 386 g/mol. The zero-order chi connectivity index (χ0) is 18.1. The van der Waals surface area contributed by atoms with E-state index in [2.05, 4.69) is 31.7 Å². The highest BCUT2D eigenvalue weighted by Crippen LogP contribution is 2.36. The minimum atomic E-state index is -0.368. The summed E-state index contributed by atoms with van der Waals surface area (Å²) in [6.45, 7) is 1.75. The van der Waals surface area contributed by atoms with E-state index in [1.807, 2.05) is 6.07 Å². The molecule has 3 rings (SSSR count). The van der Waals surface area contributed by atoms with Gasteiger partial charge in [-0.15, -0.1) is 0 Å². The number of hydrogen-bond acceptors (Lipinski definition) is 4. The molecule has 1 aromatic carbocycles. The van der Waals surface area contributed by atoms with E-state index in [0.29, 0.717) is 27.1 Å². The van der Waals surface area contributed by atoms with E-state index in [9.17, 15) is 9.59 Å². The molecule has 0 atom stereocenters. The second-order valence-corrected chi connectivity index (χ2v) is 6.70. The summed E-state index contributed by atoms with van der Waals surface area (Å²) in [6, 6.07) is 7.03. The normalized spacial score (nSPS) is 13.2. The first-order valence-corrected chi connectivity index (χ1v) is 8.57. The van der Waals surface area contributed by atoms with Crippen molar-refractivity contribution in [3.8, 4) is 6.07 Å². The smallest absolute Gasteiger partial charge is 0.274 e. The second-order valence-electron chi connectivity index (χ2n) is 5.89. The molecule has 2 amide bonds. The first-order chi connectivity index (χ1) is 11.9. The van der Waals surface area contributed by atoms with Crippen molar-refractivity contribution < 1.29 is 9.59 Å². The van der Waals surface area contributed by atoms with Crippen molar-refractivity contribution in [2.45, 2.75) is 25.8 Å². The van der Waals surface area contributed by atoms with Crippen molar-refractivity contribution in [3.05, 3.63) is 45.2 Å². The summed E-state index contributed by atoms with van der Waals surface area (Å²) in [6.07, 6.45) is 1.99. The molecule has 0 unspecified atom stereocenters. The van der Waals surface area contributed by atoms with Crippen LogP contribution in [-0.2, 0) is 0 Å². The molecule has 1 fully saturated rings. The maximum atomic E-state index is 12.8. The molecule has 7 nitrogen and oxygen atoms in total. The molecule has 0 radical (unpaired) electrons. The van der Waals surface area contributed by atoms with Crippen LogP contribution in [0, 0.1) is 18.3 Å². The molecular formula is C17H16BrN5O2. The van der Waals surface area contributed by atoms with Gasteiger partial charge in [-0.05, 0) is 53.4 Å². The fraction of sp³-hybridized carbons (Fsp3) is 0.294. The fourth-order valence-corrected chi connectivity index (χ4v) is 3.03. The minimum absolute atomic E-state index is 0.243. The van der Waals surface area contributed by atoms with Gasteiger partial charge in [-0.1, -0.05) is 0 Å². The molecule has 0 saturated heterocycles. The van der Waals surface area contributed by atoms with Gasteiger partial charge in [0, 0.05) is 13.1 Å². The van der Waals surface area contributed by atoms with Crippen molar-refractivity contribution in [3.63, 3.8) is 0 Å². The number of nitrogens with one attached hydrogen (secondary N) is 2. The Morgan fingerprint density at radius 1 is 1.32 bits per heavy atom. The van der Waals surface area contributed by atoms with Crippen LogP contribution in [0.5, 0.6) is 0 Å². The van der Waals surface area contributed by atoms with Gasteiger partial charge >= 0.3 is 0 Å². The number of aryl methyl sites for hydroxylation is 1. The van der Waals surface area contributed by atoms with Crippen LogP contribution in [0.4, 0.5) is 5.69 Å². The van der Waals surface area contributed by atoms with Crippen molar-refractivity contribution in [2.75, 3.05) is 12.4 Å². The predicted octanol–water partition coefficient (Wildman–Crippen LogP) is 2.77. The summed E-state index contributed by atoms with van der Waals surface area (Å²) < 4.78 is 2.30. The van der Waals surface area contributed by atoms with E-state index in [-0.39, 0.29) is 23.4 Å². The molecule has 2 N–H and O–H groups in total. The van der Waals surface area contributed by atoms with E-state index in [0.717, 1.165) is 12.8 Å². The Morgan fingerprint density at radius 3 is 2.64 bits per heavy atom. The second kappa shape index (κ2) is 6.69. The topological polar surface area (TPSA) is 99.8 Å². The van der Waals surface area contributed by atoms with E-state index < -0.39 is 0 Å². The van der Waals surface area contributed by atoms with Crippen LogP contribution in [0.3, 0.4) is 0 Å². The highest BCUT2D eigenvalue weighted by molar-refractivity contribution is 9.10. The highest BCUT2D eigenvalue weighted by atomic mass is 79.9. The monoisotopic (exact) mass is 401 g/mol. The van der Waals surface area contributed by atoms with Crippen molar-refractivity contribution >= 4 is 33.4 Å².